The molecule has 2 aliphatic heterocycles. The van der Waals surface area contributed by atoms with Gasteiger partial charge in [-0.3, -0.25) is 14.9 Å². The number of carboxylic acids is 1. The van der Waals surface area contributed by atoms with E-state index in [4.69, 9.17) is 4.84 Å². The Morgan fingerprint density at radius 3 is 2.65 bits per heavy atom. The number of hydrogen-bond acceptors (Lipinski definition) is 5. The first-order chi connectivity index (χ1) is 11.2. The lowest BCUT2D eigenvalue weighted by Crippen LogP contribution is -2.44. The van der Waals surface area contributed by atoms with Crippen LogP contribution < -0.4 is 10.8 Å². The number of rotatable bonds is 3. The summed E-state index contributed by atoms with van der Waals surface area (Å²) in [6, 6.07) is 0. The molecule has 4 aliphatic rings. The molecule has 2 saturated carbocycles. The molecule has 7 unspecified atom stereocenters. The molecule has 0 spiro atoms. The van der Waals surface area contributed by atoms with Crippen LogP contribution >= 0.6 is 11.8 Å². The number of aliphatic carboxylic acids is 1. The molecule has 5 nitrogen and oxygen atoms in total. The van der Waals surface area contributed by atoms with E-state index in [1.807, 2.05) is 0 Å². The molecule has 130 valence electrons. The van der Waals surface area contributed by atoms with Gasteiger partial charge in [0.15, 0.2) is 0 Å². The monoisotopic (exact) mass is 340 g/mol. The lowest BCUT2D eigenvalue weighted by atomic mass is 9.80. The van der Waals surface area contributed by atoms with Crippen molar-refractivity contribution in [1.82, 2.24) is 10.8 Å². The summed E-state index contributed by atoms with van der Waals surface area (Å²) >= 11 is 2.12. The van der Waals surface area contributed by atoms with Crippen LogP contribution in [0.15, 0.2) is 0 Å². The second kappa shape index (κ2) is 6.90. The van der Waals surface area contributed by atoms with Gasteiger partial charge in [-0.05, 0) is 50.4 Å². The minimum atomic E-state index is -0.638. The van der Waals surface area contributed by atoms with Crippen molar-refractivity contribution in [2.24, 2.45) is 17.8 Å². The van der Waals surface area contributed by atoms with E-state index in [9.17, 15) is 9.90 Å². The van der Waals surface area contributed by atoms with Crippen LogP contribution in [0.5, 0.6) is 0 Å². The highest BCUT2D eigenvalue weighted by Gasteiger charge is 2.44. The van der Waals surface area contributed by atoms with E-state index in [-0.39, 0.29) is 18.3 Å². The summed E-state index contributed by atoms with van der Waals surface area (Å²) in [4.78, 5) is 17.1. The number of carbonyl (C=O) groups is 1. The summed E-state index contributed by atoms with van der Waals surface area (Å²) in [5, 5.41) is 14.3. The first kappa shape index (κ1) is 16.2. The SMILES string of the molecule is O=C(O)C1CCCC(C2NOC(C3CC4CCCCC4S3)N2)C1. The van der Waals surface area contributed by atoms with Crippen molar-refractivity contribution in [2.75, 3.05) is 0 Å². The molecule has 2 heterocycles. The highest BCUT2D eigenvalue weighted by molar-refractivity contribution is 8.00. The second-order valence-corrected chi connectivity index (χ2v) is 9.24. The van der Waals surface area contributed by atoms with E-state index in [1.165, 1.54) is 32.1 Å². The Morgan fingerprint density at radius 2 is 1.83 bits per heavy atom. The van der Waals surface area contributed by atoms with E-state index in [2.05, 4.69) is 22.6 Å². The van der Waals surface area contributed by atoms with E-state index in [1.54, 1.807) is 0 Å². The highest BCUT2D eigenvalue weighted by atomic mass is 32.2. The van der Waals surface area contributed by atoms with Crippen molar-refractivity contribution < 1.29 is 14.7 Å². The van der Waals surface area contributed by atoms with Gasteiger partial charge in [0.25, 0.3) is 0 Å². The van der Waals surface area contributed by atoms with Crippen molar-refractivity contribution in [1.29, 1.82) is 0 Å². The summed E-state index contributed by atoms with van der Waals surface area (Å²) in [6.07, 6.45) is 10.7. The van der Waals surface area contributed by atoms with Crippen LogP contribution in [0.4, 0.5) is 0 Å². The van der Waals surface area contributed by atoms with Crippen molar-refractivity contribution in [3.05, 3.63) is 0 Å². The van der Waals surface area contributed by atoms with Gasteiger partial charge in [0, 0.05) is 10.5 Å². The first-order valence-electron chi connectivity index (χ1n) is 9.26. The van der Waals surface area contributed by atoms with Gasteiger partial charge in [0.05, 0.1) is 12.1 Å². The van der Waals surface area contributed by atoms with Crippen LogP contribution in [0, 0.1) is 17.8 Å². The molecule has 0 bridgehead atoms. The highest BCUT2D eigenvalue weighted by Crippen LogP contribution is 2.47. The van der Waals surface area contributed by atoms with Crippen LogP contribution in [0.1, 0.15) is 57.8 Å². The van der Waals surface area contributed by atoms with Crippen LogP contribution in [0.2, 0.25) is 0 Å². The molecule has 4 rings (SSSR count). The molecule has 0 aromatic carbocycles. The fourth-order valence-corrected chi connectivity index (χ4v) is 6.81. The van der Waals surface area contributed by atoms with Crippen molar-refractivity contribution in [3.8, 4) is 0 Å². The van der Waals surface area contributed by atoms with Crippen molar-refractivity contribution >= 4 is 17.7 Å². The summed E-state index contributed by atoms with van der Waals surface area (Å²) < 4.78 is 0. The molecule has 2 aliphatic carbocycles. The van der Waals surface area contributed by atoms with Crippen molar-refractivity contribution in [3.63, 3.8) is 0 Å². The Labute approximate surface area is 142 Å². The quantitative estimate of drug-likeness (QED) is 0.734. The molecule has 0 aromatic heterocycles. The largest absolute Gasteiger partial charge is 0.481 e. The Hall–Kier alpha value is -0.300. The van der Waals surface area contributed by atoms with E-state index in [0.717, 1.165) is 36.9 Å². The molecular weight excluding hydrogens is 312 g/mol. The summed E-state index contributed by atoms with van der Waals surface area (Å²) in [5.41, 5.74) is 3.18. The van der Waals surface area contributed by atoms with Crippen LogP contribution in [-0.4, -0.2) is 34.0 Å². The number of hydrogen-bond donors (Lipinski definition) is 3. The molecule has 3 N–H and O–H groups in total. The average Bonchev–Trinajstić information content (AvgIpc) is 3.21. The third-order valence-electron chi connectivity index (χ3n) is 6.26. The molecule has 6 heteroatoms. The Morgan fingerprint density at radius 1 is 1.00 bits per heavy atom. The van der Waals surface area contributed by atoms with Crippen LogP contribution in [0.3, 0.4) is 0 Å². The normalized spacial score (nSPS) is 47.4. The van der Waals surface area contributed by atoms with Gasteiger partial charge in [0.2, 0.25) is 0 Å². The maximum Gasteiger partial charge on any atom is 0.306 e. The maximum absolute atomic E-state index is 11.3. The maximum atomic E-state index is 11.3. The summed E-state index contributed by atoms with van der Waals surface area (Å²) in [5.74, 6) is 0.429. The minimum absolute atomic E-state index is 0.0841. The molecule has 7 atom stereocenters. The van der Waals surface area contributed by atoms with E-state index in [0.29, 0.717) is 11.2 Å². The van der Waals surface area contributed by atoms with Crippen molar-refractivity contribution in [2.45, 2.75) is 80.7 Å². The Kier molecular flexibility index (Phi) is 4.86. The number of fused-ring (bicyclic) bond motifs is 1. The number of carboxylic acid groups (broad SMARTS) is 1. The second-order valence-electron chi connectivity index (χ2n) is 7.76. The van der Waals surface area contributed by atoms with Crippen LogP contribution in [0.25, 0.3) is 0 Å². The smallest absolute Gasteiger partial charge is 0.306 e. The van der Waals surface area contributed by atoms with Gasteiger partial charge >= 0.3 is 5.97 Å². The molecule has 0 radical (unpaired) electrons. The fraction of sp³-hybridized carbons (Fsp3) is 0.941. The molecule has 4 fully saturated rings. The molecule has 0 aromatic rings. The molecule has 23 heavy (non-hydrogen) atoms. The number of hydroxylamine groups is 1. The summed E-state index contributed by atoms with van der Waals surface area (Å²) in [7, 11) is 0. The molecule has 0 amide bonds. The Bertz CT molecular complexity index is 436. The van der Waals surface area contributed by atoms with E-state index < -0.39 is 5.97 Å². The van der Waals surface area contributed by atoms with Crippen LogP contribution in [-0.2, 0) is 9.63 Å². The van der Waals surface area contributed by atoms with Gasteiger partial charge in [-0.2, -0.15) is 17.2 Å². The molecular formula is C17H28N2O3S. The van der Waals surface area contributed by atoms with Gasteiger partial charge in [-0.15, -0.1) is 0 Å². The average molecular weight is 340 g/mol. The first-order valence-corrected chi connectivity index (χ1v) is 10.2. The minimum Gasteiger partial charge on any atom is -0.481 e. The lowest BCUT2D eigenvalue weighted by molar-refractivity contribution is -0.143. The van der Waals surface area contributed by atoms with Gasteiger partial charge < -0.3 is 5.11 Å². The van der Waals surface area contributed by atoms with Gasteiger partial charge in [0.1, 0.15) is 6.23 Å². The van der Waals surface area contributed by atoms with E-state index >= 15 is 0 Å². The zero-order valence-electron chi connectivity index (χ0n) is 13.6. The third kappa shape index (κ3) is 3.41. The predicted octanol–water partition coefficient (Wildman–Crippen LogP) is 2.72. The van der Waals surface area contributed by atoms with Gasteiger partial charge in [-0.25, -0.2) is 0 Å². The lowest BCUT2D eigenvalue weighted by Gasteiger charge is -2.30. The standard InChI is InChI=1S/C17H28N2O3S/c20-17(21)12-6-3-5-11(8-12)15-18-16(22-19-15)14-9-10-4-1-2-7-13(10)23-14/h10-16,18-19H,1-9H2,(H,20,21). The van der Waals surface area contributed by atoms with Gasteiger partial charge in [-0.1, -0.05) is 19.3 Å². The zero-order valence-corrected chi connectivity index (χ0v) is 14.4. The fourth-order valence-electron chi connectivity index (χ4n) is 4.96. The summed E-state index contributed by atoms with van der Waals surface area (Å²) in [6.45, 7) is 0. The number of nitrogens with one attached hydrogen (secondary N) is 2. The Balaban J connectivity index is 1.32. The predicted molar refractivity (Wildman–Crippen MR) is 89.8 cm³/mol. The topological polar surface area (TPSA) is 70.6 Å². The third-order valence-corrected chi connectivity index (χ3v) is 8.02. The zero-order chi connectivity index (χ0) is 15.8. The number of thioether (sulfide) groups is 1. The molecule has 2 saturated heterocycles.